The van der Waals surface area contributed by atoms with Crippen LogP contribution in [0.4, 0.5) is 0 Å². The van der Waals surface area contributed by atoms with Crippen LogP contribution in [0.1, 0.15) is 30.9 Å². The zero-order chi connectivity index (χ0) is 16.7. The van der Waals surface area contributed by atoms with Gasteiger partial charge in [-0.25, -0.2) is 0 Å². The second-order valence-corrected chi connectivity index (χ2v) is 7.38. The van der Waals surface area contributed by atoms with E-state index in [2.05, 4.69) is 84.6 Å². The van der Waals surface area contributed by atoms with E-state index in [0.717, 1.165) is 25.1 Å². The van der Waals surface area contributed by atoms with Gasteiger partial charge in [0.15, 0.2) is 0 Å². The first-order valence-corrected chi connectivity index (χ1v) is 8.70. The molecule has 2 aromatic carbocycles. The average Bonchev–Trinajstić information content (AvgIpc) is 3.07. The Morgan fingerprint density at radius 2 is 1.75 bits per heavy atom. The highest BCUT2D eigenvalue weighted by Gasteiger charge is 2.34. The molecule has 1 aliphatic rings. The Bertz CT molecular complexity index is 882. The Kier molecular flexibility index (Phi) is 3.56. The number of fused-ring (bicyclic) bond motifs is 5. The molecule has 4 rings (SSSR count). The molecule has 1 N–H and O–H groups in total. The van der Waals surface area contributed by atoms with Crippen LogP contribution in [-0.2, 0) is 6.42 Å². The van der Waals surface area contributed by atoms with E-state index in [1.54, 1.807) is 0 Å². The molecular weight excluding hydrogens is 293 g/mol. The molecule has 0 fully saturated rings. The normalized spacial score (nSPS) is 16.4. The number of nitrogens with one attached hydrogen (secondary N) is 1. The maximum absolute atomic E-state index is 4.40. The molecule has 0 amide bonds. The largest absolute Gasteiger partial charge is 0.257 e. The Morgan fingerprint density at radius 1 is 1.04 bits per heavy atom. The number of aromatic nitrogens is 3. The monoisotopic (exact) mass is 315 g/mol. The van der Waals surface area contributed by atoms with Crippen LogP contribution in [0.2, 0.25) is 12.1 Å². The van der Waals surface area contributed by atoms with Gasteiger partial charge in [-0.2, -0.15) is 0 Å². The van der Waals surface area contributed by atoms with Crippen LogP contribution in [0.15, 0.2) is 48.5 Å². The van der Waals surface area contributed by atoms with E-state index in [9.17, 15) is 0 Å². The maximum atomic E-state index is 4.40. The Hall–Kier alpha value is -2.36. The second kappa shape index (κ2) is 5.62. The Morgan fingerprint density at radius 3 is 2.54 bits per heavy atom. The van der Waals surface area contributed by atoms with Crippen molar-refractivity contribution in [2.75, 3.05) is 0 Å². The number of hydrogen-bond donors (Lipinski definition) is 1. The van der Waals surface area contributed by atoms with Gasteiger partial charge >= 0.3 is 0 Å². The molecule has 3 aromatic rings. The van der Waals surface area contributed by atoms with Crippen molar-refractivity contribution in [3.63, 3.8) is 0 Å². The summed E-state index contributed by atoms with van der Waals surface area (Å²) in [6.07, 6.45) is 1.03. The molecule has 24 heavy (non-hydrogen) atoms. The van der Waals surface area contributed by atoms with Gasteiger partial charge in [0.1, 0.15) is 13.0 Å². The van der Waals surface area contributed by atoms with Crippen molar-refractivity contribution in [3.8, 4) is 22.5 Å². The zero-order valence-electron chi connectivity index (χ0n) is 14.5. The zero-order valence-corrected chi connectivity index (χ0v) is 14.5. The van der Waals surface area contributed by atoms with E-state index in [0.29, 0.717) is 5.92 Å². The molecule has 0 saturated heterocycles. The quantitative estimate of drug-likeness (QED) is 0.709. The number of rotatable bonds is 2. The van der Waals surface area contributed by atoms with Crippen LogP contribution in [0.25, 0.3) is 22.5 Å². The fourth-order valence-corrected chi connectivity index (χ4v) is 3.84. The van der Waals surface area contributed by atoms with Gasteiger partial charge in [0.2, 0.25) is 0 Å². The standard InChI is InChI=1S/C20H22BN3/c1-20(2,21-3)17-12-13-8-4-5-9-14(13)18-19(23-24-22-18)16-11-7-6-10-15(16)17/h4-11,17,21H,12H2,1-3H3,(H,22,23,24). The van der Waals surface area contributed by atoms with Gasteiger partial charge in [0.05, 0.1) is 5.69 Å². The first-order chi connectivity index (χ1) is 11.6. The fourth-order valence-electron chi connectivity index (χ4n) is 3.84. The van der Waals surface area contributed by atoms with Crippen molar-refractivity contribution in [2.45, 2.75) is 38.3 Å². The third-order valence-electron chi connectivity index (χ3n) is 5.71. The van der Waals surface area contributed by atoms with Crippen molar-refractivity contribution in [1.29, 1.82) is 0 Å². The summed E-state index contributed by atoms with van der Waals surface area (Å²) in [4.78, 5) is 0. The molecule has 0 bridgehead atoms. The summed E-state index contributed by atoms with van der Waals surface area (Å²) in [6, 6.07) is 17.3. The van der Waals surface area contributed by atoms with Crippen LogP contribution >= 0.6 is 0 Å². The van der Waals surface area contributed by atoms with Gasteiger partial charge in [-0.05, 0) is 23.5 Å². The average molecular weight is 315 g/mol. The van der Waals surface area contributed by atoms with Crippen LogP contribution < -0.4 is 0 Å². The predicted molar refractivity (Wildman–Crippen MR) is 101 cm³/mol. The first kappa shape index (κ1) is 15.2. The molecule has 0 aliphatic heterocycles. The van der Waals surface area contributed by atoms with E-state index in [4.69, 9.17) is 0 Å². The van der Waals surface area contributed by atoms with Crippen LogP contribution in [-0.4, -0.2) is 22.7 Å². The van der Waals surface area contributed by atoms with Crippen molar-refractivity contribution in [3.05, 3.63) is 59.7 Å². The molecule has 0 saturated carbocycles. The van der Waals surface area contributed by atoms with E-state index in [1.165, 1.54) is 22.3 Å². The third kappa shape index (κ3) is 2.29. The van der Waals surface area contributed by atoms with Gasteiger partial charge in [0, 0.05) is 11.1 Å². The molecule has 1 unspecified atom stereocenters. The van der Waals surface area contributed by atoms with Crippen LogP contribution in [0.3, 0.4) is 0 Å². The van der Waals surface area contributed by atoms with Gasteiger partial charge in [0.25, 0.3) is 0 Å². The van der Waals surface area contributed by atoms with E-state index < -0.39 is 0 Å². The summed E-state index contributed by atoms with van der Waals surface area (Å²) in [5.41, 5.74) is 7.19. The lowest BCUT2D eigenvalue weighted by molar-refractivity contribution is 0.513. The number of aromatic amines is 1. The van der Waals surface area contributed by atoms with Crippen LogP contribution in [0.5, 0.6) is 0 Å². The Balaban J connectivity index is 2.04. The molecule has 4 heteroatoms. The first-order valence-electron chi connectivity index (χ1n) is 8.70. The summed E-state index contributed by atoms with van der Waals surface area (Å²) in [6.45, 7) is 7.05. The number of nitrogens with zero attached hydrogens (tertiary/aromatic N) is 2. The van der Waals surface area contributed by atoms with Gasteiger partial charge in [-0.1, -0.05) is 79.7 Å². The van der Waals surface area contributed by atoms with Gasteiger partial charge < -0.3 is 0 Å². The smallest absolute Gasteiger partial charge is 0.125 e. The fraction of sp³-hybridized carbons (Fsp3) is 0.300. The molecule has 1 atom stereocenters. The van der Waals surface area contributed by atoms with E-state index in [1.807, 2.05) is 0 Å². The lowest BCUT2D eigenvalue weighted by Gasteiger charge is -2.36. The molecule has 3 nitrogen and oxygen atoms in total. The molecule has 120 valence electrons. The minimum absolute atomic E-state index is 0.216. The van der Waals surface area contributed by atoms with Gasteiger partial charge in [-0.3, -0.25) is 5.10 Å². The molecule has 0 spiro atoms. The maximum Gasteiger partial charge on any atom is 0.125 e. The van der Waals surface area contributed by atoms with E-state index >= 15 is 0 Å². The van der Waals surface area contributed by atoms with Crippen molar-refractivity contribution < 1.29 is 0 Å². The summed E-state index contributed by atoms with van der Waals surface area (Å²) >= 11 is 0. The SMILES string of the molecule is CBC(C)(C)C1Cc2ccccc2-c2nn[nH]c2-c2ccccc21. The summed E-state index contributed by atoms with van der Waals surface area (Å²) < 4.78 is 0. The summed E-state index contributed by atoms with van der Waals surface area (Å²) in [5.74, 6) is 0.455. The number of H-pyrrole nitrogens is 1. The number of benzene rings is 2. The third-order valence-corrected chi connectivity index (χ3v) is 5.71. The predicted octanol–water partition coefficient (Wildman–Crippen LogP) is 4.46. The van der Waals surface area contributed by atoms with Gasteiger partial charge in [-0.15, -0.1) is 5.10 Å². The minimum Gasteiger partial charge on any atom is -0.257 e. The highest BCUT2D eigenvalue weighted by molar-refractivity contribution is 6.38. The minimum atomic E-state index is 0.216. The van der Waals surface area contributed by atoms with Crippen molar-refractivity contribution in [2.24, 2.45) is 0 Å². The lowest BCUT2D eigenvalue weighted by Crippen LogP contribution is -2.24. The molecular formula is C20H22BN3. The summed E-state index contributed by atoms with van der Waals surface area (Å²) in [5, 5.41) is 11.9. The van der Waals surface area contributed by atoms with Crippen molar-refractivity contribution >= 4 is 7.28 Å². The topological polar surface area (TPSA) is 41.6 Å². The molecule has 1 heterocycles. The highest BCUT2D eigenvalue weighted by atomic mass is 15.3. The second-order valence-electron chi connectivity index (χ2n) is 7.38. The molecule has 0 radical (unpaired) electrons. The number of hydrogen-bond acceptors (Lipinski definition) is 2. The lowest BCUT2D eigenvalue weighted by atomic mass is 9.48. The van der Waals surface area contributed by atoms with Crippen LogP contribution in [0, 0.1) is 0 Å². The highest BCUT2D eigenvalue weighted by Crippen LogP contribution is 2.49. The molecule has 1 aromatic heterocycles. The van der Waals surface area contributed by atoms with Crippen molar-refractivity contribution in [1.82, 2.24) is 15.4 Å². The summed E-state index contributed by atoms with van der Waals surface area (Å²) in [7, 11) is 1.14. The van der Waals surface area contributed by atoms with E-state index in [-0.39, 0.29) is 5.31 Å². The Labute approximate surface area is 143 Å². The molecule has 1 aliphatic carbocycles.